The lowest BCUT2D eigenvalue weighted by molar-refractivity contribution is -0.141. The molecule has 5 nitrogen and oxygen atoms in total. The minimum atomic E-state index is -1.07. The van der Waals surface area contributed by atoms with Crippen LogP contribution in [0.15, 0.2) is 18.2 Å². The van der Waals surface area contributed by atoms with E-state index in [4.69, 9.17) is 9.84 Å². The van der Waals surface area contributed by atoms with Gasteiger partial charge < -0.3 is 15.2 Å². The lowest BCUT2D eigenvalue weighted by atomic mass is 10.1. The molecule has 0 saturated carbocycles. The highest BCUT2D eigenvalue weighted by Crippen LogP contribution is 2.21. The van der Waals surface area contributed by atoms with Crippen LogP contribution in [-0.4, -0.2) is 29.6 Å². The average molecular weight is 251 g/mol. The molecule has 0 heterocycles. The van der Waals surface area contributed by atoms with E-state index in [0.29, 0.717) is 5.75 Å². The van der Waals surface area contributed by atoms with Crippen molar-refractivity contribution in [2.45, 2.75) is 26.8 Å². The van der Waals surface area contributed by atoms with Gasteiger partial charge in [-0.3, -0.25) is 9.59 Å². The second-order valence-electron chi connectivity index (χ2n) is 4.14. The summed E-state index contributed by atoms with van der Waals surface area (Å²) < 4.78 is 5.41. The predicted molar refractivity (Wildman–Crippen MR) is 66.7 cm³/mol. The van der Waals surface area contributed by atoms with Crippen molar-refractivity contribution < 1.29 is 19.4 Å². The molecule has 0 aliphatic heterocycles. The fraction of sp³-hybridized carbons (Fsp3) is 0.385. The SMILES string of the molecule is Cc1cccc(C)c1OCC(=O)N[C@H](C)C(=O)O. The number of aliphatic carboxylic acids is 1. The highest BCUT2D eigenvalue weighted by molar-refractivity contribution is 5.84. The number of carboxylic acids is 1. The van der Waals surface area contributed by atoms with Crippen LogP contribution in [0.1, 0.15) is 18.1 Å². The molecule has 0 spiro atoms. The number of amides is 1. The van der Waals surface area contributed by atoms with E-state index in [1.54, 1.807) is 0 Å². The van der Waals surface area contributed by atoms with Crippen LogP contribution in [0.5, 0.6) is 5.75 Å². The quantitative estimate of drug-likeness (QED) is 0.826. The largest absolute Gasteiger partial charge is 0.483 e. The monoisotopic (exact) mass is 251 g/mol. The summed E-state index contributed by atoms with van der Waals surface area (Å²) in [5.74, 6) is -0.862. The van der Waals surface area contributed by atoms with E-state index in [0.717, 1.165) is 11.1 Å². The highest BCUT2D eigenvalue weighted by atomic mass is 16.5. The molecule has 0 bridgehead atoms. The molecule has 1 atom stereocenters. The summed E-state index contributed by atoms with van der Waals surface area (Å²) in [4.78, 5) is 22.0. The number of para-hydroxylation sites is 1. The van der Waals surface area contributed by atoms with E-state index >= 15 is 0 Å². The van der Waals surface area contributed by atoms with E-state index in [-0.39, 0.29) is 6.61 Å². The molecule has 0 unspecified atom stereocenters. The molecular formula is C13H17NO4. The zero-order chi connectivity index (χ0) is 13.7. The molecular weight excluding hydrogens is 234 g/mol. The van der Waals surface area contributed by atoms with Gasteiger partial charge in [-0.25, -0.2) is 0 Å². The molecule has 0 radical (unpaired) electrons. The molecule has 5 heteroatoms. The van der Waals surface area contributed by atoms with Crippen molar-refractivity contribution in [2.24, 2.45) is 0 Å². The van der Waals surface area contributed by atoms with Gasteiger partial charge >= 0.3 is 5.97 Å². The summed E-state index contributed by atoms with van der Waals surface area (Å²) in [5.41, 5.74) is 1.88. The maximum absolute atomic E-state index is 11.5. The molecule has 1 rings (SSSR count). The minimum absolute atomic E-state index is 0.191. The molecule has 0 aliphatic rings. The lowest BCUT2D eigenvalue weighted by Crippen LogP contribution is -2.40. The van der Waals surface area contributed by atoms with Gasteiger partial charge in [0.2, 0.25) is 0 Å². The second kappa shape index (κ2) is 6.05. The second-order valence-corrected chi connectivity index (χ2v) is 4.14. The first-order chi connectivity index (χ1) is 8.41. The maximum Gasteiger partial charge on any atom is 0.325 e. The summed E-state index contributed by atoms with van der Waals surface area (Å²) in [5, 5.41) is 11.0. The number of aryl methyl sites for hydroxylation is 2. The Bertz CT molecular complexity index is 436. The van der Waals surface area contributed by atoms with Crippen LogP contribution < -0.4 is 10.1 Å². The third-order valence-corrected chi connectivity index (χ3v) is 2.50. The van der Waals surface area contributed by atoms with Crippen LogP contribution in [0.2, 0.25) is 0 Å². The number of benzene rings is 1. The summed E-state index contributed by atoms with van der Waals surface area (Å²) in [7, 11) is 0. The third-order valence-electron chi connectivity index (χ3n) is 2.50. The molecule has 0 saturated heterocycles. The van der Waals surface area contributed by atoms with Crippen molar-refractivity contribution in [3.63, 3.8) is 0 Å². The van der Waals surface area contributed by atoms with Crippen molar-refractivity contribution >= 4 is 11.9 Å². The molecule has 0 fully saturated rings. The Labute approximate surface area is 106 Å². The molecule has 1 aromatic rings. The van der Waals surface area contributed by atoms with Crippen LogP contribution in [0.25, 0.3) is 0 Å². The molecule has 1 aromatic carbocycles. The first kappa shape index (κ1) is 14.0. The van der Waals surface area contributed by atoms with Gasteiger partial charge in [0.15, 0.2) is 6.61 Å². The number of rotatable bonds is 5. The van der Waals surface area contributed by atoms with Crippen LogP contribution >= 0.6 is 0 Å². The normalized spacial score (nSPS) is 11.7. The number of carbonyl (C=O) groups excluding carboxylic acids is 1. The van der Waals surface area contributed by atoms with Crippen LogP contribution in [0, 0.1) is 13.8 Å². The van der Waals surface area contributed by atoms with E-state index in [2.05, 4.69) is 5.32 Å². The fourth-order valence-corrected chi connectivity index (χ4v) is 1.51. The topological polar surface area (TPSA) is 75.6 Å². The van der Waals surface area contributed by atoms with Gasteiger partial charge in [0.1, 0.15) is 11.8 Å². The van der Waals surface area contributed by atoms with Crippen molar-refractivity contribution in [1.82, 2.24) is 5.32 Å². The number of hydrogen-bond acceptors (Lipinski definition) is 3. The standard InChI is InChI=1S/C13H17NO4/c1-8-5-4-6-9(2)12(8)18-7-11(15)14-10(3)13(16)17/h4-6,10H,7H2,1-3H3,(H,14,15)(H,16,17)/t10-/m1/s1. The number of hydrogen-bond donors (Lipinski definition) is 2. The van der Waals surface area contributed by atoms with E-state index < -0.39 is 17.9 Å². The smallest absolute Gasteiger partial charge is 0.325 e. The van der Waals surface area contributed by atoms with Crippen LogP contribution in [0.4, 0.5) is 0 Å². The van der Waals surface area contributed by atoms with Gasteiger partial charge in [-0.2, -0.15) is 0 Å². The van der Waals surface area contributed by atoms with Gasteiger partial charge in [0.05, 0.1) is 0 Å². The number of carbonyl (C=O) groups is 2. The van der Waals surface area contributed by atoms with Gasteiger partial charge in [-0.15, -0.1) is 0 Å². The van der Waals surface area contributed by atoms with Gasteiger partial charge in [0, 0.05) is 0 Å². The van der Waals surface area contributed by atoms with Crippen LogP contribution in [0.3, 0.4) is 0 Å². The van der Waals surface area contributed by atoms with Crippen LogP contribution in [-0.2, 0) is 9.59 Å². The Balaban J connectivity index is 2.55. The van der Waals surface area contributed by atoms with E-state index in [1.807, 2.05) is 32.0 Å². The minimum Gasteiger partial charge on any atom is -0.483 e. The van der Waals surface area contributed by atoms with Crippen molar-refractivity contribution in [3.05, 3.63) is 29.3 Å². The van der Waals surface area contributed by atoms with Crippen molar-refractivity contribution in [1.29, 1.82) is 0 Å². The van der Waals surface area contributed by atoms with Gasteiger partial charge in [-0.1, -0.05) is 18.2 Å². The fourth-order valence-electron chi connectivity index (χ4n) is 1.51. The molecule has 1 amide bonds. The number of carboxylic acid groups (broad SMARTS) is 1. The van der Waals surface area contributed by atoms with Gasteiger partial charge in [0.25, 0.3) is 5.91 Å². The van der Waals surface area contributed by atoms with Gasteiger partial charge in [-0.05, 0) is 31.9 Å². The summed E-state index contributed by atoms with van der Waals surface area (Å²) in [6.07, 6.45) is 0. The molecule has 2 N–H and O–H groups in total. The maximum atomic E-state index is 11.5. The Hall–Kier alpha value is -2.04. The number of ether oxygens (including phenoxy) is 1. The molecule has 0 aromatic heterocycles. The predicted octanol–water partition coefficient (Wildman–Crippen LogP) is 1.27. The molecule has 18 heavy (non-hydrogen) atoms. The zero-order valence-electron chi connectivity index (χ0n) is 10.7. The first-order valence-corrected chi connectivity index (χ1v) is 5.63. The van der Waals surface area contributed by atoms with E-state index in [9.17, 15) is 9.59 Å². The molecule has 98 valence electrons. The summed E-state index contributed by atoms with van der Waals surface area (Å²) in [6, 6.07) is 4.77. The van der Waals surface area contributed by atoms with Crippen molar-refractivity contribution in [3.8, 4) is 5.75 Å². The Morgan fingerprint density at radius 1 is 1.33 bits per heavy atom. The third kappa shape index (κ3) is 3.76. The van der Waals surface area contributed by atoms with E-state index in [1.165, 1.54) is 6.92 Å². The molecule has 0 aliphatic carbocycles. The summed E-state index contributed by atoms with van der Waals surface area (Å²) >= 11 is 0. The Morgan fingerprint density at radius 3 is 2.39 bits per heavy atom. The highest BCUT2D eigenvalue weighted by Gasteiger charge is 2.14. The Kier molecular flexibility index (Phi) is 4.71. The average Bonchev–Trinajstić information content (AvgIpc) is 2.28. The lowest BCUT2D eigenvalue weighted by Gasteiger charge is -2.13. The summed E-state index contributed by atoms with van der Waals surface area (Å²) in [6.45, 7) is 4.99. The Morgan fingerprint density at radius 2 is 1.89 bits per heavy atom. The number of nitrogens with one attached hydrogen (secondary N) is 1. The van der Waals surface area contributed by atoms with Crippen molar-refractivity contribution in [2.75, 3.05) is 6.61 Å². The first-order valence-electron chi connectivity index (χ1n) is 5.63. The zero-order valence-corrected chi connectivity index (χ0v) is 10.7.